The Kier molecular flexibility index (Phi) is 3.97. The smallest absolute Gasteiger partial charge is 0.210 e. The first-order valence-electron chi connectivity index (χ1n) is 7.89. The van der Waals surface area contributed by atoms with E-state index in [-0.39, 0.29) is 0 Å². The number of ether oxygens (including phenoxy) is 1. The molecule has 0 saturated carbocycles. The Hall–Kier alpha value is -2.72. The van der Waals surface area contributed by atoms with Crippen LogP contribution in [0.4, 0.5) is 5.13 Å². The molecule has 1 aromatic heterocycles. The zero-order chi connectivity index (χ0) is 16.4. The van der Waals surface area contributed by atoms with Gasteiger partial charge in [0.25, 0.3) is 0 Å². The Bertz CT molecular complexity index is 1020. The van der Waals surface area contributed by atoms with Gasteiger partial charge in [-0.3, -0.25) is 0 Å². The molecule has 0 spiro atoms. The van der Waals surface area contributed by atoms with E-state index in [0.717, 1.165) is 26.7 Å². The molecule has 118 valence electrons. The standard InChI is InChI=1S/C20H16N2OS/c1-2-23-16-10-7-14(8-11-16)13-21-20-22-19-17-6-4-3-5-15(17)9-12-18(19)24-20/h3-13H,2H2,1H3. The minimum atomic E-state index is 0.674. The van der Waals surface area contributed by atoms with Gasteiger partial charge in [-0.2, -0.15) is 0 Å². The van der Waals surface area contributed by atoms with Crippen molar-refractivity contribution in [3.8, 4) is 5.75 Å². The van der Waals surface area contributed by atoms with E-state index in [1.54, 1.807) is 11.3 Å². The van der Waals surface area contributed by atoms with Crippen molar-refractivity contribution in [2.24, 2.45) is 4.99 Å². The average Bonchev–Trinajstić information content (AvgIpc) is 3.05. The van der Waals surface area contributed by atoms with Gasteiger partial charge in [0.2, 0.25) is 5.13 Å². The van der Waals surface area contributed by atoms with Gasteiger partial charge >= 0.3 is 0 Å². The van der Waals surface area contributed by atoms with Crippen LogP contribution in [0.15, 0.2) is 65.7 Å². The molecule has 0 N–H and O–H groups in total. The van der Waals surface area contributed by atoms with Crippen molar-refractivity contribution in [2.45, 2.75) is 6.92 Å². The third-order valence-electron chi connectivity index (χ3n) is 3.79. The summed E-state index contributed by atoms with van der Waals surface area (Å²) < 4.78 is 6.61. The van der Waals surface area contributed by atoms with Crippen LogP contribution in [0.3, 0.4) is 0 Å². The highest BCUT2D eigenvalue weighted by molar-refractivity contribution is 7.22. The SMILES string of the molecule is CCOc1ccc(C=Nc2nc3c(ccc4ccccc43)s2)cc1. The van der Waals surface area contributed by atoms with Gasteiger partial charge < -0.3 is 4.74 Å². The summed E-state index contributed by atoms with van der Waals surface area (Å²) in [7, 11) is 0. The molecule has 4 aromatic rings. The Balaban J connectivity index is 1.65. The summed E-state index contributed by atoms with van der Waals surface area (Å²) in [5.41, 5.74) is 2.06. The molecule has 0 unspecified atom stereocenters. The molecule has 0 aliphatic rings. The van der Waals surface area contributed by atoms with E-state index >= 15 is 0 Å². The quantitative estimate of drug-likeness (QED) is 0.456. The molecule has 0 atom stereocenters. The van der Waals surface area contributed by atoms with Gasteiger partial charge in [-0.1, -0.05) is 41.7 Å². The van der Waals surface area contributed by atoms with Gasteiger partial charge in [-0.05, 0) is 48.2 Å². The van der Waals surface area contributed by atoms with E-state index in [4.69, 9.17) is 9.72 Å². The lowest BCUT2D eigenvalue weighted by atomic mass is 10.1. The van der Waals surface area contributed by atoms with Crippen molar-refractivity contribution in [2.75, 3.05) is 6.61 Å². The summed E-state index contributed by atoms with van der Waals surface area (Å²) >= 11 is 1.61. The molecular weight excluding hydrogens is 316 g/mol. The fourth-order valence-electron chi connectivity index (χ4n) is 2.65. The number of thiazole rings is 1. The molecule has 24 heavy (non-hydrogen) atoms. The zero-order valence-corrected chi connectivity index (χ0v) is 14.1. The third-order valence-corrected chi connectivity index (χ3v) is 4.72. The maximum absolute atomic E-state index is 5.45. The lowest BCUT2D eigenvalue weighted by Crippen LogP contribution is -1.91. The van der Waals surface area contributed by atoms with Crippen LogP contribution in [0, 0.1) is 0 Å². The van der Waals surface area contributed by atoms with Gasteiger partial charge in [0.1, 0.15) is 5.75 Å². The first-order valence-corrected chi connectivity index (χ1v) is 8.70. The monoisotopic (exact) mass is 332 g/mol. The molecule has 3 nitrogen and oxygen atoms in total. The van der Waals surface area contributed by atoms with Crippen LogP contribution in [0.25, 0.3) is 21.0 Å². The molecule has 4 heteroatoms. The number of hydrogen-bond donors (Lipinski definition) is 0. The van der Waals surface area contributed by atoms with Crippen molar-refractivity contribution in [3.05, 3.63) is 66.2 Å². The first-order chi connectivity index (χ1) is 11.8. The third kappa shape index (κ3) is 2.88. The van der Waals surface area contributed by atoms with E-state index in [2.05, 4.69) is 29.3 Å². The summed E-state index contributed by atoms with van der Waals surface area (Å²) in [6.45, 7) is 2.65. The average molecular weight is 332 g/mol. The highest BCUT2D eigenvalue weighted by atomic mass is 32.1. The molecule has 0 fully saturated rings. The van der Waals surface area contributed by atoms with Crippen LogP contribution in [-0.4, -0.2) is 17.8 Å². The van der Waals surface area contributed by atoms with Crippen LogP contribution in [0.1, 0.15) is 12.5 Å². The van der Waals surface area contributed by atoms with Gasteiger partial charge in [-0.25, -0.2) is 9.98 Å². The molecule has 0 aliphatic heterocycles. The minimum Gasteiger partial charge on any atom is -0.494 e. The summed E-state index contributed by atoms with van der Waals surface area (Å²) in [4.78, 5) is 9.24. The van der Waals surface area contributed by atoms with Crippen LogP contribution in [-0.2, 0) is 0 Å². The summed E-state index contributed by atoms with van der Waals surface area (Å²) in [6.07, 6.45) is 1.84. The number of fused-ring (bicyclic) bond motifs is 3. The molecule has 0 aliphatic carbocycles. The number of rotatable bonds is 4. The second kappa shape index (κ2) is 6.42. The summed E-state index contributed by atoms with van der Waals surface area (Å²) in [5.74, 6) is 0.876. The molecule has 0 bridgehead atoms. The number of aliphatic imine (C=N–C) groups is 1. The second-order valence-corrected chi connectivity index (χ2v) is 6.40. The van der Waals surface area contributed by atoms with Gasteiger partial charge in [-0.15, -0.1) is 0 Å². The number of benzene rings is 3. The summed E-state index contributed by atoms with van der Waals surface area (Å²) in [5, 5.41) is 3.15. The molecule has 1 heterocycles. The van der Waals surface area contributed by atoms with E-state index in [9.17, 15) is 0 Å². The van der Waals surface area contributed by atoms with E-state index in [1.165, 1.54) is 10.8 Å². The fourth-order valence-corrected chi connectivity index (χ4v) is 3.48. The van der Waals surface area contributed by atoms with Crippen molar-refractivity contribution >= 4 is 43.7 Å². The Labute approximate surface area is 144 Å². The van der Waals surface area contributed by atoms with E-state index in [0.29, 0.717) is 6.61 Å². The van der Waals surface area contributed by atoms with Crippen molar-refractivity contribution in [3.63, 3.8) is 0 Å². The number of aromatic nitrogens is 1. The molecule has 4 rings (SSSR count). The van der Waals surface area contributed by atoms with Crippen molar-refractivity contribution in [1.29, 1.82) is 0 Å². The molecular formula is C20H16N2OS. The fraction of sp³-hybridized carbons (Fsp3) is 0.100. The second-order valence-electron chi connectivity index (χ2n) is 5.39. The predicted octanol–water partition coefficient (Wildman–Crippen LogP) is 5.60. The van der Waals surface area contributed by atoms with Crippen LogP contribution in [0.2, 0.25) is 0 Å². The van der Waals surface area contributed by atoms with E-state index in [1.807, 2.05) is 49.5 Å². The lowest BCUT2D eigenvalue weighted by molar-refractivity contribution is 0.340. The zero-order valence-electron chi connectivity index (χ0n) is 13.3. The Morgan fingerprint density at radius 3 is 2.71 bits per heavy atom. The van der Waals surface area contributed by atoms with Gasteiger partial charge in [0.05, 0.1) is 16.8 Å². The first kappa shape index (κ1) is 14.8. The topological polar surface area (TPSA) is 34.5 Å². The Morgan fingerprint density at radius 1 is 1.04 bits per heavy atom. The maximum atomic E-state index is 5.45. The van der Waals surface area contributed by atoms with Crippen molar-refractivity contribution in [1.82, 2.24) is 4.98 Å². The minimum absolute atomic E-state index is 0.674. The maximum Gasteiger partial charge on any atom is 0.210 e. The van der Waals surface area contributed by atoms with Crippen LogP contribution < -0.4 is 4.74 Å². The van der Waals surface area contributed by atoms with E-state index < -0.39 is 0 Å². The lowest BCUT2D eigenvalue weighted by Gasteiger charge is -2.01. The molecule has 3 aromatic carbocycles. The largest absolute Gasteiger partial charge is 0.494 e. The normalized spacial score (nSPS) is 11.5. The molecule has 0 amide bonds. The van der Waals surface area contributed by atoms with Crippen LogP contribution >= 0.6 is 11.3 Å². The van der Waals surface area contributed by atoms with Crippen molar-refractivity contribution < 1.29 is 4.74 Å². The highest BCUT2D eigenvalue weighted by Crippen LogP contribution is 2.32. The van der Waals surface area contributed by atoms with Crippen LogP contribution in [0.5, 0.6) is 5.75 Å². The Morgan fingerprint density at radius 2 is 1.88 bits per heavy atom. The molecule has 0 radical (unpaired) electrons. The highest BCUT2D eigenvalue weighted by Gasteiger charge is 2.06. The number of nitrogens with zero attached hydrogens (tertiary/aromatic N) is 2. The summed E-state index contributed by atoms with van der Waals surface area (Å²) in [6, 6.07) is 20.5. The van der Waals surface area contributed by atoms with Gasteiger partial charge in [0, 0.05) is 11.6 Å². The van der Waals surface area contributed by atoms with Gasteiger partial charge in [0.15, 0.2) is 0 Å². The molecule has 0 saturated heterocycles. The number of hydrogen-bond acceptors (Lipinski definition) is 4. The predicted molar refractivity (Wildman–Crippen MR) is 102 cm³/mol.